The molecule has 2 aromatic heterocycles. The molecule has 0 unspecified atom stereocenters. The molecule has 7 rings (SSSR count). The Morgan fingerprint density at radius 1 is 1.08 bits per heavy atom. The van der Waals surface area contributed by atoms with E-state index >= 15 is 0 Å². The largest absolute Gasteiger partial charge is 0.497 e. The molecule has 3 fully saturated rings. The van der Waals surface area contributed by atoms with Crippen molar-refractivity contribution in [2.45, 2.75) is 70.3 Å². The van der Waals surface area contributed by atoms with Crippen molar-refractivity contribution < 1.29 is 14.3 Å². The molecule has 4 heterocycles. The summed E-state index contributed by atoms with van der Waals surface area (Å²) in [7, 11) is 1.65. The number of benzene rings is 2. The van der Waals surface area contributed by atoms with E-state index in [-0.39, 0.29) is 12.1 Å². The van der Waals surface area contributed by atoms with Crippen molar-refractivity contribution in [3.8, 4) is 17.9 Å². The van der Waals surface area contributed by atoms with Crippen LogP contribution in [0.4, 0.5) is 28.1 Å². The predicted octanol–water partition coefficient (Wildman–Crippen LogP) is 5.51. The van der Waals surface area contributed by atoms with E-state index in [1.165, 1.54) is 0 Å². The number of ether oxygens (including phenoxy) is 2. The van der Waals surface area contributed by atoms with Gasteiger partial charge in [0, 0.05) is 31.7 Å². The molecule has 0 spiro atoms. The molecule has 1 aliphatic carbocycles. The van der Waals surface area contributed by atoms with Crippen LogP contribution >= 0.6 is 11.6 Å². The smallest absolute Gasteiger partial charge is 0.412 e. The number of hydrogen-bond acceptors (Lipinski definition) is 11. The zero-order chi connectivity index (χ0) is 33.7. The first-order valence-electron chi connectivity index (χ1n) is 15.9. The SMILES string of the molecule is COc1ccc(CN(c2nc(N3C[C@H]4C[C@@H]3CN4c3cc(C#N)cc(NC(=O)OC(C)(C)C)c3Cl)nc3c(C#N)cnn23)C2CC2)cc1. The second kappa shape index (κ2) is 12.1. The number of carbonyl (C=O) groups is 1. The molecule has 1 amide bonds. The number of nitrogens with zero attached hydrogens (tertiary/aromatic N) is 9. The van der Waals surface area contributed by atoms with Crippen LogP contribution in [-0.4, -0.2) is 69.6 Å². The van der Waals surface area contributed by atoms with Gasteiger partial charge < -0.3 is 24.2 Å². The molecule has 48 heavy (non-hydrogen) atoms. The Morgan fingerprint density at radius 3 is 2.44 bits per heavy atom. The van der Waals surface area contributed by atoms with Crippen molar-refractivity contribution in [2.24, 2.45) is 0 Å². The summed E-state index contributed by atoms with van der Waals surface area (Å²) >= 11 is 6.87. The van der Waals surface area contributed by atoms with Crippen LogP contribution in [0.1, 0.15) is 56.7 Å². The van der Waals surface area contributed by atoms with Crippen molar-refractivity contribution >= 4 is 46.6 Å². The maximum absolute atomic E-state index is 12.6. The average molecular weight is 667 g/mol. The second-order valence-electron chi connectivity index (χ2n) is 13.4. The number of hydrogen-bond donors (Lipinski definition) is 1. The van der Waals surface area contributed by atoms with Gasteiger partial charge >= 0.3 is 6.09 Å². The summed E-state index contributed by atoms with van der Waals surface area (Å²) in [5.41, 5.74) is 2.64. The highest BCUT2D eigenvalue weighted by Crippen LogP contribution is 2.43. The molecule has 1 saturated carbocycles. The lowest BCUT2D eigenvalue weighted by Gasteiger charge is -2.36. The summed E-state index contributed by atoms with van der Waals surface area (Å²) in [6, 6.07) is 16.1. The average Bonchev–Trinajstić information content (AvgIpc) is 3.49. The number of anilines is 4. The summed E-state index contributed by atoms with van der Waals surface area (Å²) in [6.45, 7) is 7.18. The van der Waals surface area contributed by atoms with Crippen LogP contribution in [0.2, 0.25) is 5.02 Å². The molecule has 0 radical (unpaired) electrons. The van der Waals surface area contributed by atoms with Gasteiger partial charge in [-0.2, -0.15) is 30.1 Å². The lowest BCUT2D eigenvalue weighted by molar-refractivity contribution is 0.0636. The van der Waals surface area contributed by atoms with Crippen molar-refractivity contribution in [2.75, 3.05) is 40.2 Å². The lowest BCUT2D eigenvalue weighted by Crippen LogP contribution is -2.47. The fourth-order valence-corrected chi connectivity index (χ4v) is 6.78. The van der Waals surface area contributed by atoms with E-state index in [1.807, 2.05) is 24.3 Å². The van der Waals surface area contributed by atoms with E-state index in [1.54, 1.807) is 50.7 Å². The number of aromatic nitrogens is 4. The molecule has 2 saturated heterocycles. The van der Waals surface area contributed by atoms with Crippen LogP contribution in [0.25, 0.3) is 5.65 Å². The third-order valence-corrected chi connectivity index (χ3v) is 9.24. The number of rotatable bonds is 8. The third kappa shape index (κ3) is 5.98. The fourth-order valence-electron chi connectivity index (χ4n) is 6.52. The van der Waals surface area contributed by atoms with Gasteiger partial charge in [0.15, 0.2) is 5.65 Å². The van der Waals surface area contributed by atoms with E-state index in [9.17, 15) is 15.3 Å². The highest BCUT2D eigenvalue weighted by molar-refractivity contribution is 6.36. The van der Waals surface area contributed by atoms with Gasteiger partial charge in [-0.3, -0.25) is 5.32 Å². The Kier molecular flexibility index (Phi) is 7.88. The topological polar surface area (TPSA) is 148 Å². The molecule has 14 heteroatoms. The van der Waals surface area contributed by atoms with Crippen molar-refractivity contribution in [3.05, 3.63) is 64.3 Å². The number of nitrogens with one attached hydrogen (secondary N) is 1. The van der Waals surface area contributed by atoms with E-state index < -0.39 is 11.7 Å². The molecule has 2 atom stereocenters. The van der Waals surface area contributed by atoms with Gasteiger partial charge in [0.05, 0.1) is 47.4 Å². The predicted molar refractivity (Wildman–Crippen MR) is 181 cm³/mol. The first-order chi connectivity index (χ1) is 23.0. The van der Waals surface area contributed by atoms with Crippen LogP contribution in [-0.2, 0) is 11.3 Å². The van der Waals surface area contributed by atoms with Gasteiger partial charge in [0.2, 0.25) is 11.9 Å². The molecule has 4 aromatic rings. The number of methoxy groups -OCH3 is 1. The van der Waals surface area contributed by atoms with E-state index in [2.05, 4.69) is 37.3 Å². The standard InChI is InChI=1S/C34H35ClN10O3/c1-34(2,3)48-33(46)39-27-11-21(14-36)12-28(29(27)35)42-18-25-13-24(42)19-43(25)31-40-30-22(15-37)16-38-45(30)32(41-31)44(23-7-8-23)17-20-5-9-26(47-4)10-6-20/h5-6,9-12,16,23-25H,7-8,13,17-19H2,1-4H3,(H,39,46)/t24-,25-/m1/s1. The highest BCUT2D eigenvalue weighted by Gasteiger charge is 2.46. The molecule has 13 nitrogen and oxygen atoms in total. The summed E-state index contributed by atoms with van der Waals surface area (Å²) in [5, 5.41) is 27.3. The van der Waals surface area contributed by atoms with Gasteiger partial charge in [0.1, 0.15) is 23.0 Å². The molecular weight excluding hydrogens is 632 g/mol. The van der Waals surface area contributed by atoms with Gasteiger partial charge in [0.25, 0.3) is 0 Å². The first kappa shape index (κ1) is 31.3. The second-order valence-corrected chi connectivity index (χ2v) is 13.8. The Labute approximate surface area is 283 Å². The number of amides is 1. The lowest BCUT2D eigenvalue weighted by atomic mass is 10.1. The van der Waals surface area contributed by atoms with E-state index in [4.69, 9.17) is 31.0 Å². The minimum absolute atomic E-state index is 0.0540. The van der Waals surface area contributed by atoms with Crippen LogP contribution in [0.3, 0.4) is 0 Å². The Hall–Kier alpha value is -5.27. The number of carbonyl (C=O) groups excluding carboxylic acids is 1. The maximum Gasteiger partial charge on any atom is 0.412 e. The van der Waals surface area contributed by atoms with Crippen LogP contribution in [0.5, 0.6) is 5.75 Å². The minimum Gasteiger partial charge on any atom is -0.497 e. The Balaban J connectivity index is 1.18. The zero-order valence-electron chi connectivity index (χ0n) is 27.1. The van der Waals surface area contributed by atoms with Gasteiger partial charge in [-0.25, -0.2) is 4.79 Å². The molecule has 1 N–H and O–H groups in total. The first-order valence-corrected chi connectivity index (χ1v) is 16.3. The summed E-state index contributed by atoms with van der Waals surface area (Å²) in [4.78, 5) is 29.2. The maximum atomic E-state index is 12.6. The van der Waals surface area contributed by atoms with Crippen molar-refractivity contribution in [1.82, 2.24) is 19.6 Å². The van der Waals surface area contributed by atoms with Crippen LogP contribution in [0.15, 0.2) is 42.6 Å². The normalized spacial score (nSPS) is 18.5. The number of piperazine rings is 1. The Morgan fingerprint density at radius 2 is 1.81 bits per heavy atom. The van der Waals surface area contributed by atoms with Gasteiger partial charge in [-0.05, 0) is 69.9 Å². The minimum atomic E-state index is -0.689. The number of halogens is 1. The summed E-state index contributed by atoms with van der Waals surface area (Å²) in [6.07, 6.45) is 3.81. The number of nitriles is 2. The monoisotopic (exact) mass is 666 g/mol. The van der Waals surface area contributed by atoms with Crippen molar-refractivity contribution in [3.63, 3.8) is 0 Å². The molecule has 2 aliphatic heterocycles. The Bertz CT molecular complexity index is 1970. The van der Waals surface area contributed by atoms with Crippen LogP contribution < -0.4 is 24.8 Å². The van der Waals surface area contributed by atoms with Gasteiger partial charge in [-0.1, -0.05) is 23.7 Å². The summed E-state index contributed by atoms with van der Waals surface area (Å²) in [5.74, 6) is 1.99. The molecule has 2 aromatic carbocycles. The molecule has 246 valence electrons. The molecular formula is C34H35ClN10O3. The third-order valence-electron chi connectivity index (χ3n) is 8.84. The van der Waals surface area contributed by atoms with Crippen LogP contribution in [0, 0.1) is 22.7 Å². The quantitative estimate of drug-likeness (QED) is 0.254. The number of fused-ring (bicyclic) bond motifs is 3. The summed E-state index contributed by atoms with van der Waals surface area (Å²) < 4.78 is 12.4. The van der Waals surface area contributed by atoms with Crippen molar-refractivity contribution in [1.29, 1.82) is 10.5 Å². The molecule has 2 bridgehead atoms. The highest BCUT2D eigenvalue weighted by atomic mass is 35.5. The van der Waals surface area contributed by atoms with Gasteiger partial charge in [-0.15, -0.1) is 0 Å². The zero-order valence-corrected chi connectivity index (χ0v) is 27.9. The fraction of sp³-hybridized carbons (Fsp3) is 0.412. The van der Waals surface area contributed by atoms with E-state index in [0.29, 0.717) is 70.7 Å². The molecule has 3 aliphatic rings. The van der Waals surface area contributed by atoms with E-state index in [0.717, 1.165) is 30.6 Å².